The number of aryl methyl sites for hydroxylation is 1. The van der Waals surface area contributed by atoms with Crippen molar-refractivity contribution in [3.8, 4) is 0 Å². The third kappa shape index (κ3) is 3.91. The molecule has 0 aliphatic heterocycles. The molecule has 6 nitrogen and oxygen atoms in total. The number of anilines is 2. The molecular weight excluding hydrogens is 421 g/mol. The molecule has 0 aliphatic carbocycles. The number of hydrogen-bond acceptors (Lipinski definition) is 4. The van der Waals surface area contributed by atoms with E-state index in [4.69, 9.17) is 5.73 Å². The highest BCUT2D eigenvalue weighted by atomic mass is 127. The van der Waals surface area contributed by atoms with Gasteiger partial charge in [-0.05, 0) is 65.3 Å². The fourth-order valence-corrected chi connectivity index (χ4v) is 3.00. The van der Waals surface area contributed by atoms with Crippen LogP contribution in [0.3, 0.4) is 0 Å². The minimum absolute atomic E-state index is 0.0824. The first-order valence-electron chi connectivity index (χ1n) is 7.08. The lowest BCUT2D eigenvalue weighted by Crippen LogP contribution is -2.15. The number of nitro groups is 1. The van der Waals surface area contributed by atoms with Crippen LogP contribution in [0.5, 0.6) is 0 Å². The van der Waals surface area contributed by atoms with Gasteiger partial charge in [0.25, 0.3) is 11.6 Å². The number of carbonyl (C=O) groups is 1. The molecule has 2 aromatic rings. The average molecular weight is 437 g/mol. The lowest BCUT2D eigenvalue weighted by molar-refractivity contribution is -0.384. The quantitative estimate of drug-likeness (QED) is 0.308. The monoisotopic (exact) mass is 437 g/mol. The van der Waals surface area contributed by atoms with Crippen LogP contribution >= 0.6 is 22.6 Å². The summed E-state index contributed by atoms with van der Waals surface area (Å²) in [6.07, 6.45) is 1.99. The fraction of sp³-hybridized carbons (Fsp3) is 0.118. The van der Waals surface area contributed by atoms with Gasteiger partial charge in [0.05, 0.1) is 16.2 Å². The van der Waals surface area contributed by atoms with Crippen LogP contribution in [0.15, 0.2) is 43.0 Å². The summed E-state index contributed by atoms with van der Waals surface area (Å²) in [5.74, 6) is -0.727. The van der Waals surface area contributed by atoms with E-state index in [9.17, 15) is 14.9 Å². The van der Waals surface area contributed by atoms with Crippen molar-refractivity contribution in [2.24, 2.45) is 5.73 Å². The molecule has 0 bridgehead atoms. The van der Waals surface area contributed by atoms with Crippen molar-refractivity contribution in [2.75, 3.05) is 5.32 Å². The first-order valence-corrected chi connectivity index (χ1v) is 8.16. The van der Waals surface area contributed by atoms with Crippen LogP contribution in [0.4, 0.5) is 17.1 Å². The lowest BCUT2D eigenvalue weighted by Gasteiger charge is -2.16. The number of allylic oxidation sites excluding steroid dienone is 1. The molecule has 1 amide bonds. The number of nitrogens with one attached hydrogen (secondary N) is 1. The molecule has 0 fully saturated rings. The first kappa shape index (κ1) is 17.9. The summed E-state index contributed by atoms with van der Waals surface area (Å²) >= 11 is 2.21. The van der Waals surface area contributed by atoms with Gasteiger partial charge in [0, 0.05) is 21.4 Å². The number of nitrogens with zero attached hydrogens (tertiary/aromatic N) is 1. The Hall–Kier alpha value is -2.42. The molecule has 0 unspecified atom stereocenters. The Balaban J connectivity index is 2.63. The van der Waals surface area contributed by atoms with Crippen molar-refractivity contribution in [1.29, 1.82) is 0 Å². The number of rotatable bonds is 6. The van der Waals surface area contributed by atoms with Crippen molar-refractivity contribution >= 4 is 45.6 Å². The van der Waals surface area contributed by atoms with Crippen LogP contribution in [0.2, 0.25) is 0 Å². The third-order valence-corrected chi connectivity index (χ3v) is 4.16. The van der Waals surface area contributed by atoms with Crippen molar-refractivity contribution in [3.63, 3.8) is 0 Å². The minimum atomic E-state index is -0.727. The van der Waals surface area contributed by atoms with Gasteiger partial charge in [0.15, 0.2) is 0 Å². The van der Waals surface area contributed by atoms with E-state index < -0.39 is 10.8 Å². The van der Waals surface area contributed by atoms with Crippen LogP contribution in [0.1, 0.15) is 21.5 Å². The number of non-ortho nitro benzene ring substituents is 1. The highest BCUT2D eigenvalue weighted by Gasteiger charge is 2.19. The first-order chi connectivity index (χ1) is 11.3. The number of hydrogen-bond donors (Lipinski definition) is 2. The van der Waals surface area contributed by atoms with Crippen LogP contribution < -0.4 is 11.1 Å². The summed E-state index contributed by atoms with van der Waals surface area (Å²) in [6, 6.07) is 8.43. The SMILES string of the molecule is C=CCc1cc([N+](=O)[O-])cc(C(N)=O)c1Nc1ccc(I)cc1C. The van der Waals surface area contributed by atoms with Gasteiger partial charge in [0.2, 0.25) is 0 Å². The maximum Gasteiger partial charge on any atom is 0.270 e. The predicted molar refractivity (Wildman–Crippen MR) is 103 cm³/mol. The lowest BCUT2D eigenvalue weighted by atomic mass is 10.0. The van der Waals surface area contributed by atoms with E-state index in [0.29, 0.717) is 17.7 Å². The van der Waals surface area contributed by atoms with E-state index >= 15 is 0 Å². The standard InChI is InChI=1S/C17H16IN3O3/c1-3-4-11-8-13(21(23)24)9-14(17(19)22)16(11)20-15-6-5-12(18)7-10(15)2/h3,5-9,20H,1,4H2,2H3,(H2,19,22). The van der Waals surface area contributed by atoms with Crippen molar-refractivity contribution < 1.29 is 9.72 Å². The second kappa shape index (κ2) is 7.43. The Labute approximate surface area is 153 Å². The molecule has 0 aliphatic rings. The van der Waals surface area contributed by atoms with Gasteiger partial charge < -0.3 is 11.1 Å². The van der Waals surface area contributed by atoms with Gasteiger partial charge in [0.1, 0.15) is 0 Å². The molecule has 24 heavy (non-hydrogen) atoms. The van der Waals surface area contributed by atoms with E-state index in [1.807, 2.05) is 25.1 Å². The average Bonchev–Trinajstić information content (AvgIpc) is 2.50. The highest BCUT2D eigenvalue weighted by Crippen LogP contribution is 2.32. The maximum atomic E-state index is 11.8. The normalized spacial score (nSPS) is 10.2. The topological polar surface area (TPSA) is 98.3 Å². The van der Waals surface area contributed by atoms with Gasteiger partial charge in [-0.3, -0.25) is 14.9 Å². The summed E-state index contributed by atoms with van der Waals surface area (Å²) in [5, 5.41) is 14.3. The number of benzene rings is 2. The number of carbonyl (C=O) groups excluding carboxylic acids is 1. The molecule has 0 atom stereocenters. The van der Waals surface area contributed by atoms with Gasteiger partial charge in [-0.25, -0.2) is 0 Å². The molecule has 0 aromatic heterocycles. The molecule has 124 valence electrons. The van der Waals surface area contributed by atoms with E-state index in [0.717, 1.165) is 14.8 Å². The van der Waals surface area contributed by atoms with Crippen LogP contribution in [0, 0.1) is 20.6 Å². The second-order valence-corrected chi connectivity index (χ2v) is 6.47. The van der Waals surface area contributed by atoms with Crippen LogP contribution in [0.25, 0.3) is 0 Å². The van der Waals surface area contributed by atoms with Gasteiger partial charge >= 0.3 is 0 Å². The number of amides is 1. The summed E-state index contributed by atoms with van der Waals surface area (Å²) in [4.78, 5) is 22.4. The summed E-state index contributed by atoms with van der Waals surface area (Å²) in [5.41, 5.74) is 8.19. The van der Waals surface area contributed by atoms with Gasteiger partial charge in [-0.1, -0.05) is 6.08 Å². The minimum Gasteiger partial charge on any atom is -0.366 e. The van der Waals surface area contributed by atoms with Crippen molar-refractivity contribution in [3.05, 3.63) is 73.4 Å². The third-order valence-electron chi connectivity index (χ3n) is 3.49. The smallest absolute Gasteiger partial charge is 0.270 e. The molecular formula is C17H16IN3O3. The zero-order valence-electron chi connectivity index (χ0n) is 13.0. The summed E-state index contributed by atoms with van der Waals surface area (Å²) in [7, 11) is 0. The molecule has 7 heteroatoms. The Morgan fingerprint density at radius 3 is 2.67 bits per heavy atom. The summed E-state index contributed by atoms with van der Waals surface area (Å²) in [6.45, 7) is 5.61. The van der Waals surface area contributed by atoms with E-state index in [-0.39, 0.29) is 11.3 Å². The van der Waals surface area contributed by atoms with Crippen molar-refractivity contribution in [1.82, 2.24) is 0 Å². The number of halogens is 1. The van der Waals surface area contributed by atoms with Crippen molar-refractivity contribution in [2.45, 2.75) is 13.3 Å². The Kier molecular flexibility index (Phi) is 5.55. The van der Waals surface area contributed by atoms with E-state index in [2.05, 4.69) is 34.5 Å². The molecule has 0 heterocycles. The number of nitrogens with two attached hydrogens (primary N) is 1. The van der Waals surface area contributed by atoms with Gasteiger partial charge in [-0.15, -0.1) is 6.58 Å². The zero-order valence-corrected chi connectivity index (χ0v) is 15.2. The van der Waals surface area contributed by atoms with Crippen LogP contribution in [-0.4, -0.2) is 10.8 Å². The molecule has 0 spiro atoms. The number of nitro benzene ring substituents is 1. The summed E-state index contributed by atoms with van der Waals surface area (Å²) < 4.78 is 1.08. The van der Waals surface area contributed by atoms with E-state index in [1.165, 1.54) is 12.1 Å². The Morgan fingerprint density at radius 2 is 2.12 bits per heavy atom. The molecule has 0 saturated heterocycles. The zero-order chi connectivity index (χ0) is 17.9. The van der Waals surface area contributed by atoms with Crippen LogP contribution in [-0.2, 0) is 6.42 Å². The Bertz CT molecular complexity index is 834. The second-order valence-electron chi connectivity index (χ2n) is 5.23. The molecule has 0 saturated carbocycles. The predicted octanol–water partition coefficient (Wildman–Crippen LogP) is 4.08. The highest BCUT2D eigenvalue weighted by molar-refractivity contribution is 14.1. The molecule has 2 rings (SSSR count). The largest absolute Gasteiger partial charge is 0.366 e. The molecule has 3 N–H and O–H groups in total. The Morgan fingerprint density at radius 1 is 1.42 bits per heavy atom. The fourth-order valence-electron chi connectivity index (χ4n) is 2.35. The van der Waals surface area contributed by atoms with E-state index in [1.54, 1.807) is 6.08 Å². The van der Waals surface area contributed by atoms with Gasteiger partial charge in [-0.2, -0.15) is 0 Å². The molecule has 0 radical (unpaired) electrons. The number of primary amides is 1. The molecule has 2 aromatic carbocycles. The maximum absolute atomic E-state index is 11.8.